The minimum absolute atomic E-state index is 0.106. The highest BCUT2D eigenvalue weighted by atomic mass is 32.2. The van der Waals surface area contributed by atoms with Crippen LogP contribution in [0.25, 0.3) is 11.0 Å². The van der Waals surface area contributed by atoms with E-state index in [-0.39, 0.29) is 49.3 Å². The molecule has 0 bridgehead atoms. The second-order valence-corrected chi connectivity index (χ2v) is 20.0. The first-order valence-corrected chi connectivity index (χ1v) is 23.2. The average Bonchev–Trinajstić information content (AvgIpc) is 3.50. The Kier molecular flexibility index (Phi) is 12.9. The summed E-state index contributed by atoms with van der Waals surface area (Å²) in [4.78, 5) is 53.8. The first-order chi connectivity index (χ1) is 30.1. The van der Waals surface area contributed by atoms with Gasteiger partial charge in [0.15, 0.2) is 0 Å². The molecule has 5 heterocycles. The number of nitrogens with one attached hydrogen (secondary N) is 2. The molecule has 1 aliphatic carbocycles. The van der Waals surface area contributed by atoms with Crippen molar-refractivity contribution in [3.63, 3.8) is 0 Å². The van der Waals surface area contributed by atoms with Crippen LogP contribution in [-0.4, -0.2) is 105 Å². The molecule has 13 nitrogen and oxygen atoms in total. The van der Waals surface area contributed by atoms with Crippen molar-refractivity contribution in [1.29, 1.82) is 0 Å². The number of likely N-dealkylation sites (N-methyl/N-ethyl adjacent to an activating group) is 1. The summed E-state index contributed by atoms with van der Waals surface area (Å²) in [5.41, 5.74) is 2.60. The largest absolute Gasteiger partial charge is 0.421 e. The van der Waals surface area contributed by atoms with E-state index < -0.39 is 23.4 Å². The van der Waals surface area contributed by atoms with Crippen molar-refractivity contribution >= 4 is 58.1 Å². The Morgan fingerprint density at radius 1 is 1.03 bits per heavy atom. The molecule has 3 N–H and O–H groups in total. The van der Waals surface area contributed by atoms with Crippen molar-refractivity contribution in [2.75, 3.05) is 68.0 Å². The number of carbonyl (C=O) groups excluding carboxylic acids is 2. The molecule has 17 heteroatoms. The molecular formula is C46H60F3N9O4S. The number of likely N-dealkylation sites (tertiary alicyclic amines) is 1. The number of aromatic nitrogens is 4. The number of piperidine rings is 3. The van der Waals surface area contributed by atoms with Crippen molar-refractivity contribution in [2.45, 2.75) is 106 Å². The number of benzene rings is 2. The zero-order valence-electron chi connectivity index (χ0n) is 36.7. The topological polar surface area (TPSA) is 141 Å². The Morgan fingerprint density at radius 3 is 2.40 bits per heavy atom. The molecule has 0 radical (unpaired) electrons. The first kappa shape index (κ1) is 45.0. The van der Waals surface area contributed by atoms with Crippen LogP contribution < -0.4 is 26.1 Å². The van der Waals surface area contributed by atoms with Gasteiger partial charge in [-0.25, -0.2) is 9.78 Å². The number of fused-ring (bicyclic) bond motifs is 1. The number of carbonyl (C=O) groups is 2. The van der Waals surface area contributed by atoms with E-state index in [2.05, 4.69) is 48.6 Å². The van der Waals surface area contributed by atoms with Crippen LogP contribution in [0.2, 0.25) is 0 Å². The molecule has 63 heavy (non-hydrogen) atoms. The molecule has 1 unspecified atom stereocenters. The number of hydrogen-bond acceptors (Lipinski definition) is 11. The molecule has 4 fully saturated rings. The molecule has 1 amide bonds. The minimum atomic E-state index is -4.60. The molecule has 1 atom stereocenters. The number of aldehydes is 1. The van der Waals surface area contributed by atoms with E-state index in [1.54, 1.807) is 35.1 Å². The molecule has 3 saturated heterocycles. The summed E-state index contributed by atoms with van der Waals surface area (Å²) >= 11 is 1.91. The van der Waals surface area contributed by atoms with Crippen LogP contribution in [0.3, 0.4) is 0 Å². The molecular weight excluding hydrogens is 832 g/mol. The smallest absolute Gasteiger partial charge is 0.390 e. The third-order valence-electron chi connectivity index (χ3n) is 14.2. The monoisotopic (exact) mass is 891 g/mol. The van der Waals surface area contributed by atoms with E-state index in [1.807, 2.05) is 36.9 Å². The van der Waals surface area contributed by atoms with Gasteiger partial charge in [0, 0.05) is 75.3 Å². The fourth-order valence-electron chi connectivity index (χ4n) is 10.3. The maximum atomic E-state index is 13.9. The van der Waals surface area contributed by atoms with E-state index in [4.69, 9.17) is 0 Å². The third-order valence-corrected chi connectivity index (χ3v) is 15.4. The predicted octanol–water partition coefficient (Wildman–Crippen LogP) is 7.07. The van der Waals surface area contributed by atoms with Gasteiger partial charge in [-0.05, 0) is 132 Å². The lowest BCUT2D eigenvalue weighted by Gasteiger charge is -2.52. The van der Waals surface area contributed by atoms with E-state index in [0.29, 0.717) is 34.9 Å². The summed E-state index contributed by atoms with van der Waals surface area (Å²) in [5, 5.41) is 16.7. The lowest BCUT2D eigenvalue weighted by molar-refractivity contribution is -0.137. The van der Waals surface area contributed by atoms with Crippen LogP contribution in [0.5, 0.6) is 0 Å². The van der Waals surface area contributed by atoms with Gasteiger partial charge in [0.25, 0.3) is 0 Å². The summed E-state index contributed by atoms with van der Waals surface area (Å²) in [7, 11) is 3.31. The second kappa shape index (κ2) is 18.1. The summed E-state index contributed by atoms with van der Waals surface area (Å²) < 4.78 is 45.0. The van der Waals surface area contributed by atoms with Crippen LogP contribution in [0.4, 0.5) is 36.3 Å². The maximum Gasteiger partial charge on any atom is 0.421 e. The number of imidazole rings is 1. The maximum absolute atomic E-state index is 13.9. The molecule has 4 aromatic rings. The number of amides is 1. The fourth-order valence-corrected chi connectivity index (χ4v) is 12.0. The lowest BCUT2D eigenvalue weighted by atomic mass is 9.63. The Labute approximate surface area is 370 Å². The highest BCUT2D eigenvalue weighted by Gasteiger charge is 2.46. The molecule has 1 saturated carbocycles. The van der Waals surface area contributed by atoms with Crippen LogP contribution in [0.15, 0.2) is 52.3 Å². The van der Waals surface area contributed by atoms with Gasteiger partial charge in [-0.1, -0.05) is 6.07 Å². The van der Waals surface area contributed by atoms with E-state index in [9.17, 15) is 32.7 Å². The standard InChI is InChI=1S/C46H60F3N9O4S/c1-30-25-32(10-11-35(30)52-42-51-28-34(46(47,48)49)40(53-42)57-22-14-44(2,62)15-23-57)63-33-26-45(27-33)16-20-55(21-17-45)29-31-12-18-56(19-13-31)36-7-5-8-37-39(36)54(4)43(61)58(37)38(9-6-24-59)41(60)50-3/h5,7-8,10-11,24-25,28,31,33,38,62H,6,9,12-23,26-27,29H2,1-4H3,(H,50,60)(H,51,52,53). The number of alkyl halides is 3. The number of anilines is 4. The van der Waals surface area contributed by atoms with Gasteiger partial charge < -0.3 is 35.2 Å². The van der Waals surface area contributed by atoms with E-state index in [1.165, 1.54) is 30.6 Å². The normalized spacial score (nSPS) is 20.2. The number of aliphatic hydroxyl groups is 1. The van der Waals surface area contributed by atoms with Crippen molar-refractivity contribution < 1.29 is 27.9 Å². The second-order valence-electron chi connectivity index (χ2n) is 18.6. The van der Waals surface area contributed by atoms with Crippen molar-refractivity contribution in [3.8, 4) is 0 Å². The summed E-state index contributed by atoms with van der Waals surface area (Å²) in [6.45, 7) is 9.38. The first-order valence-electron chi connectivity index (χ1n) is 22.4. The number of rotatable bonds is 13. The molecule has 1 spiro atoms. The highest BCUT2D eigenvalue weighted by molar-refractivity contribution is 8.00. The molecule has 2 aromatic heterocycles. The third kappa shape index (κ3) is 9.61. The lowest BCUT2D eigenvalue weighted by Crippen LogP contribution is -2.49. The number of aryl methyl sites for hydroxylation is 2. The van der Waals surface area contributed by atoms with Gasteiger partial charge in [-0.15, -0.1) is 11.8 Å². The summed E-state index contributed by atoms with van der Waals surface area (Å²) in [6, 6.07) is 11.3. The van der Waals surface area contributed by atoms with Crippen LogP contribution in [-0.2, 0) is 22.8 Å². The zero-order chi connectivity index (χ0) is 44.7. The Balaban J connectivity index is 0.810. The van der Waals surface area contributed by atoms with Gasteiger partial charge in [-0.2, -0.15) is 18.2 Å². The number of para-hydroxylation sites is 1. The van der Waals surface area contributed by atoms with Gasteiger partial charge >= 0.3 is 11.9 Å². The van der Waals surface area contributed by atoms with Crippen LogP contribution in [0, 0.1) is 18.3 Å². The molecule has 8 rings (SSSR count). The fraction of sp³-hybridized carbons (Fsp3) is 0.587. The van der Waals surface area contributed by atoms with Crippen molar-refractivity contribution in [2.24, 2.45) is 18.4 Å². The van der Waals surface area contributed by atoms with Gasteiger partial charge in [0.1, 0.15) is 23.7 Å². The Bertz CT molecular complexity index is 2350. The SMILES string of the molecule is CNC(=O)C(CCC=O)n1c(=O)n(C)c2c(N3CCC(CN4CCC5(CC4)CC(Sc4ccc(Nc6ncc(C(F)(F)F)c(N7CCC(C)(O)CC7)n6)c(C)c4)C5)CC3)cccc21. The van der Waals surface area contributed by atoms with Crippen molar-refractivity contribution in [1.82, 2.24) is 29.3 Å². The molecule has 3 aliphatic heterocycles. The van der Waals surface area contributed by atoms with E-state index >= 15 is 0 Å². The van der Waals surface area contributed by atoms with Gasteiger partial charge in [-0.3, -0.25) is 13.9 Å². The molecule has 2 aromatic carbocycles. The Morgan fingerprint density at radius 2 is 1.75 bits per heavy atom. The van der Waals surface area contributed by atoms with E-state index in [0.717, 1.165) is 80.5 Å². The Hall–Kier alpha value is -4.61. The molecule has 4 aliphatic rings. The van der Waals surface area contributed by atoms with Gasteiger partial charge in [0.05, 0.1) is 22.3 Å². The number of hydrogen-bond donors (Lipinski definition) is 3. The molecule has 340 valence electrons. The number of halogens is 3. The number of nitrogens with zero attached hydrogens (tertiary/aromatic N) is 7. The van der Waals surface area contributed by atoms with Crippen molar-refractivity contribution in [3.05, 3.63) is 64.2 Å². The highest BCUT2D eigenvalue weighted by Crippen LogP contribution is 2.55. The van der Waals surface area contributed by atoms with Crippen LogP contribution in [0.1, 0.15) is 88.3 Å². The van der Waals surface area contributed by atoms with Crippen LogP contribution >= 0.6 is 11.8 Å². The average molecular weight is 892 g/mol. The zero-order valence-corrected chi connectivity index (χ0v) is 37.5. The summed E-state index contributed by atoms with van der Waals surface area (Å²) in [5.74, 6) is 0.262. The number of thioether (sulfide) groups is 1. The summed E-state index contributed by atoms with van der Waals surface area (Å²) in [6.07, 6.45) is 5.18. The minimum Gasteiger partial charge on any atom is -0.390 e. The quantitative estimate of drug-likeness (QED) is 0.119. The predicted molar refractivity (Wildman–Crippen MR) is 241 cm³/mol. The van der Waals surface area contributed by atoms with Gasteiger partial charge in [0.2, 0.25) is 11.9 Å².